The molecule has 1 aromatic carbocycles. The summed E-state index contributed by atoms with van der Waals surface area (Å²) in [7, 11) is 0. The Morgan fingerprint density at radius 2 is 1.86 bits per heavy atom. The summed E-state index contributed by atoms with van der Waals surface area (Å²) in [4.78, 5) is 26.3. The van der Waals surface area contributed by atoms with Crippen molar-refractivity contribution in [2.75, 3.05) is 5.73 Å². The Labute approximate surface area is 125 Å². The van der Waals surface area contributed by atoms with Crippen molar-refractivity contribution in [1.29, 1.82) is 0 Å². The van der Waals surface area contributed by atoms with Crippen LogP contribution in [0, 0.1) is 0 Å². The first-order valence-corrected chi connectivity index (χ1v) is 6.75. The normalized spacial score (nSPS) is 20.4. The molecule has 0 aliphatic carbocycles. The van der Waals surface area contributed by atoms with Gasteiger partial charge in [0, 0.05) is 5.92 Å². The van der Waals surface area contributed by atoms with Crippen LogP contribution >= 0.6 is 0 Å². The second kappa shape index (κ2) is 5.14. The molecule has 2 aromatic rings. The quantitative estimate of drug-likeness (QED) is 0.773. The Morgan fingerprint density at radius 1 is 1.18 bits per heavy atom. The number of benzene rings is 1. The average molecular weight is 302 g/mol. The first-order chi connectivity index (χ1) is 10.5. The number of carboxylic acids is 2. The molecule has 1 aliphatic heterocycles. The van der Waals surface area contributed by atoms with Crippen LogP contribution in [0.25, 0.3) is 0 Å². The number of fused-ring (bicyclic) bond motifs is 1. The highest BCUT2D eigenvalue weighted by Gasteiger charge is 2.34. The highest BCUT2D eigenvalue weighted by Crippen LogP contribution is 2.37. The van der Waals surface area contributed by atoms with Crippen molar-refractivity contribution in [1.82, 2.24) is 14.8 Å². The number of aliphatic carboxylic acids is 1. The fourth-order valence-electron chi connectivity index (χ4n) is 2.80. The van der Waals surface area contributed by atoms with Gasteiger partial charge in [0.1, 0.15) is 5.82 Å². The fraction of sp³-hybridized carbons (Fsp3) is 0.286. The van der Waals surface area contributed by atoms with E-state index in [-0.39, 0.29) is 17.4 Å². The zero-order valence-electron chi connectivity index (χ0n) is 11.5. The molecule has 8 nitrogen and oxygen atoms in total. The molecule has 0 bridgehead atoms. The van der Waals surface area contributed by atoms with E-state index in [1.54, 1.807) is 12.1 Å². The van der Waals surface area contributed by atoms with Crippen molar-refractivity contribution >= 4 is 17.9 Å². The van der Waals surface area contributed by atoms with Gasteiger partial charge in [-0.2, -0.15) is 4.98 Å². The number of hydrogen-bond acceptors (Lipinski definition) is 5. The summed E-state index contributed by atoms with van der Waals surface area (Å²) in [6.45, 7) is 0. The molecular weight excluding hydrogens is 288 g/mol. The Bertz CT molecular complexity index is 738. The Kier molecular flexibility index (Phi) is 3.28. The van der Waals surface area contributed by atoms with Crippen molar-refractivity contribution in [2.24, 2.45) is 0 Å². The summed E-state index contributed by atoms with van der Waals surface area (Å²) in [6.07, 6.45) is 0.998. The third-order valence-corrected chi connectivity index (χ3v) is 3.85. The second-order valence-corrected chi connectivity index (χ2v) is 5.18. The van der Waals surface area contributed by atoms with Crippen LogP contribution in [0.3, 0.4) is 0 Å². The van der Waals surface area contributed by atoms with E-state index in [9.17, 15) is 14.7 Å². The second-order valence-electron chi connectivity index (χ2n) is 5.18. The molecule has 0 saturated carbocycles. The van der Waals surface area contributed by atoms with Gasteiger partial charge in [-0.15, -0.1) is 5.10 Å². The summed E-state index contributed by atoms with van der Waals surface area (Å²) < 4.78 is 1.36. The summed E-state index contributed by atoms with van der Waals surface area (Å²) in [5.41, 5.74) is 6.67. The largest absolute Gasteiger partial charge is 0.480 e. The molecule has 0 radical (unpaired) electrons. The van der Waals surface area contributed by atoms with E-state index >= 15 is 0 Å². The van der Waals surface area contributed by atoms with E-state index in [1.165, 1.54) is 16.8 Å². The van der Waals surface area contributed by atoms with E-state index in [2.05, 4.69) is 10.1 Å². The van der Waals surface area contributed by atoms with Crippen LogP contribution in [0.4, 0.5) is 5.95 Å². The standard InChI is InChI=1S/C14H14N4O4/c15-14-16-11-9(5-6-10(13(21)22)18(11)17-14)7-1-3-8(4-2-7)12(19)20/h1-4,9-10H,5-6H2,(H2,15,17)(H,19,20)(H,21,22). The van der Waals surface area contributed by atoms with Crippen LogP contribution in [-0.2, 0) is 4.79 Å². The molecule has 1 aromatic heterocycles. The van der Waals surface area contributed by atoms with Gasteiger partial charge < -0.3 is 15.9 Å². The van der Waals surface area contributed by atoms with E-state index in [4.69, 9.17) is 10.8 Å². The van der Waals surface area contributed by atoms with Gasteiger partial charge in [0.25, 0.3) is 0 Å². The predicted molar refractivity (Wildman–Crippen MR) is 75.6 cm³/mol. The van der Waals surface area contributed by atoms with Crippen LogP contribution < -0.4 is 5.73 Å². The lowest BCUT2D eigenvalue weighted by Gasteiger charge is -2.26. The lowest BCUT2D eigenvalue weighted by molar-refractivity contribution is -0.141. The number of nitrogens with zero attached hydrogens (tertiary/aromatic N) is 3. The van der Waals surface area contributed by atoms with Gasteiger partial charge in [-0.1, -0.05) is 12.1 Å². The highest BCUT2D eigenvalue weighted by molar-refractivity contribution is 5.87. The van der Waals surface area contributed by atoms with Gasteiger partial charge in [-0.05, 0) is 30.5 Å². The van der Waals surface area contributed by atoms with Crippen LogP contribution in [0.15, 0.2) is 24.3 Å². The Balaban J connectivity index is 1.99. The maximum Gasteiger partial charge on any atom is 0.335 e. The van der Waals surface area contributed by atoms with Gasteiger partial charge in [0.2, 0.25) is 5.95 Å². The zero-order valence-corrected chi connectivity index (χ0v) is 11.5. The van der Waals surface area contributed by atoms with E-state index in [0.29, 0.717) is 18.7 Å². The molecule has 0 fully saturated rings. The van der Waals surface area contributed by atoms with E-state index in [1.807, 2.05) is 0 Å². The van der Waals surface area contributed by atoms with Gasteiger partial charge in [-0.3, -0.25) is 0 Å². The molecule has 8 heteroatoms. The van der Waals surface area contributed by atoms with Crippen molar-refractivity contribution in [3.05, 3.63) is 41.2 Å². The molecule has 4 N–H and O–H groups in total. The number of carboxylic acid groups (broad SMARTS) is 2. The Hall–Kier alpha value is -2.90. The number of aromatic carboxylic acids is 1. The third-order valence-electron chi connectivity index (χ3n) is 3.85. The van der Waals surface area contributed by atoms with Gasteiger partial charge in [0.05, 0.1) is 5.56 Å². The maximum absolute atomic E-state index is 11.3. The van der Waals surface area contributed by atoms with E-state index < -0.39 is 18.0 Å². The zero-order chi connectivity index (χ0) is 15.9. The monoisotopic (exact) mass is 302 g/mol. The van der Waals surface area contributed by atoms with Crippen molar-refractivity contribution in [3.8, 4) is 0 Å². The molecule has 1 aliphatic rings. The smallest absolute Gasteiger partial charge is 0.335 e. The number of carbonyl (C=O) groups is 2. The first-order valence-electron chi connectivity index (χ1n) is 6.75. The highest BCUT2D eigenvalue weighted by atomic mass is 16.4. The lowest BCUT2D eigenvalue weighted by atomic mass is 9.88. The van der Waals surface area contributed by atoms with Gasteiger partial charge >= 0.3 is 11.9 Å². The summed E-state index contributed by atoms with van der Waals surface area (Å²) in [6, 6.07) is 5.69. The minimum absolute atomic E-state index is 0.0373. The molecule has 2 heterocycles. The first kappa shape index (κ1) is 14.1. The molecule has 22 heavy (non-hydrogen) atoms. The Morgan fingerprint density at radius 3 is 2.45 bits per heavy atom. The van der Waals surface area contributed by atoms with Crippen molar-refractivity contribution in [2.45, 2.75) is 24.8 Å². The van der Waals surface area contributed by atoms with Gasteiger partial charge in [0.15, 0.2) is 6.04 Å². The third kappa shape index (κ3) is 2.28. The lowest BCUT2D eigenvalue weighted by Crippen LogP contribution is -2.28. The number of nitrogens with two attached hydrogens (primary N) is 1. The SMILES string of the molecule is Nc1nc2n(n1)C(C(=O)O)CCC2c1ccc(C(=O)O)cc1. The number of aromatic nitrogens is 3. The molecule has 2 unspecified atom stereocenters. The van der Waals surface area contributed by atoms with Gasteiger partial charge in [-0.25, -0.2) is 14.3 Å². The number of rotatable bonds is 3. The molecule has 0 amide bonds. The predicted octanol–water partition coefficient (Wildman–Crippen LogP) is 1.11. The molecular formula is C14H14N4O4. The maximum atomic E-state index is 11.3. The summed E-state index contributed by atoms with van der Waals surface area (Å²) in [5.74, 6) is -1.57. The number of anilines is 1. The molecule has 114 valence electrons. The summed E-state index contributed by atoms with van der Waals surface area (Å²) >= 11 is 0. The minimum atomic E-state index is -0.992. The molecule has 2 atom stereocenters. The minimum Gasteiger partial charge on any atom is -0.480 e. The number of nitrogen functional groups attached to an aromatic ring is 1. The van der Waals surface area contributed by atoms with E-state index in [0.717, 1.165) is 5.56 Å². The molecule has 3 rings (SSSR count). The average Bonchev–Trinajstić information content (AvgIpc) is 2.87. The summed E-state index contributed by atoms with van der Waals surface area (Å²) in [5, 5.41) is 22.2. The topological polar surface area (TPSA) is 131 Å². The van der Waals surface area contributed by atoms with Crippen LogP contribution in [0.1, 0.15) is 46.5 Å². The molecule has 0 saturated heterocycles. The number of hydrogen-bond donors (Lipinski definition) is 3. The molecule has 0 spiro atoms. The van der Waals surface area contributed by atoms with Crippen LogP contribution in [0.2, 0.25) is 0 Å². The van der Waals surface area contributed by atoms with Crippen molar-refractivity contribution < 1.29 is 19.8 Å². The van der Waals surface area contributed by atoms with Crippen molar-refractivity contribution in [3.63, 3.8) is 0 Å². The van der Waals surface area contributed by atoms with Crippen LogP contribution in [-0.4, -0.2) is 36.9 Å². The fourth-order valence-corrected chi connectivity index (χ4v) is 2.80. The van der Waals surface area contributed by atoms with Crippen LogP contribution in [0.5, 0.6) is 0 Å².